The number of esters is 2. The van der Waals surface area contributed by atoms with E-state index in [9.17, 15) is 9.59 Å². The third-order valence-electron chi connectivity index (χ3n) is 6.28. The molecule has 0 spiro atoms. The van der Waals surface area contributed by atoms with E-state index in [2.05, 4.69) is 23.5 Å². The molecule has 3 aliphatic rings. The average molecular weight is 373 g/mol. The van der Waals surface area contributed by atoms with E-state index in [-0.39, 0.29) is 29.9 Å². The summed E-state index contributed by atoms with van der Waals surface area (Å²) in [6, 6.07) is 0. The van der Waals surface area contributed by atoms with Gasteiger partial charge in [-0.25, -0.2) is 4.79 Å². The largest absolute Gasteiger partial charge is 0.459 e. The van der Waals surface area contributed by atoms with E-state index in [1.54, 1.807) is 0 Å². The van der Waals surface area contributed by atoms with E-state index in [1.165, 1.54) is 11.1 Å². The zero-order chi connectivity index (χ0) is 19.6. The molecule has 27 heavy (non-hydrogen) atoms. The predicted octanol–water partition coefficient (Wildman–Crippen LogP) is 4.39. The van der Waals surface area contributed by atoms with Gasteiger partial charge in [-0.05, 0) is 57.9 Å². The van der Waals surface area contributed by atoms with Gasteiger partial charge < -0.3 is 9.47 Å². The SMILES string of the molecule is C=C1C(=O)O[C@@H]2C3C(=C(C)CC[C@@H]12)CC[C@@]3(C)OC(=O)CCCCN=[N+]=[N-]. The van der Waals surface area contributed by atoms with Crippen molar-refractivity contribution in [3.05, 3.63) is 33.7 Å². The molecule has 1 saturated heterocycles. The van der Waals surface area contributed by atoms with Crippen molar-refractivity contribution in [2.45, 2.75) is 70.5 Å². The first-order chi connectivity index (χ1) is 12.9. The van der Waals surface area contributed by atoms with E-state index in [0.717, 1.165) is 25.7 Å². The lowest BCUT2D eigenvalue weighted by molar-refractivity contribution is -0.167. The van der Waals surface area contributed by atoms with E-state index in [4.69, 9.17) is 15.0 Å². The Balaban J connectivity index is 1.74. The molecule has 7 nitrogen and oxygen atoms in total. The molecule has 4 atom stereocenters. The fraction of sp³-hybridized carbons (Fsp3) is 0.700. The molecular weight excluding hydrogens is 346 g/mol. The molecule has 1 aliphatic heterocycles. The summed E-state index contributed by atoms with van der Waals surface area (Å²) in [5.41, 5.74) is 10.8. The molecule has 3 rings (SSSR count). The van der Waals surface area contributed by atoms with Crippen LogP contribution in [0.1, 0.15) is 58.8 Å². The van der Waals surface area contributed by atoms with Crippen LogP contribution in [0.4, 0.5) is 0 Å². The summed E-state index contributed by atoms with van der Waals surface area (Å²) < 4.78 is 11.7. The average Bonchev–Trinajstić information content (AvgIpc) is 3.04. The molecule has 0 amide bonds. The minimum atomic E-state index is -0.670. The van der Waals surface area contributed by atoms with E-state index in [0.29, 0.717) is 31.4 Å². The van der Waals surface area contributed by atoms with Gasteiger partial charge in [0.1, 0.15) is 11.7 Å². The van der Waals surface area contributed by atoms with Crippen molar-refractivity contribution in [2.75, 3.05) is 6.54 Å². The summed E-state index contributed by atoms with van der Waals surface area (Å²) in [4.78, 5) is 27.2. The summed E-state index contributed by atoms with van der Waals surface area (Å²) in [7, 11) is 0. The topological polar surface area (TPSA) is 101 Å². The summed E-state index contributed by atoms with van der Waals surface area (Å²) in [5.74, 6) is -0.668. The highest BCUT2D eigenvalue weighted by molar-refractivity contribution is 5.91. The minimum Gasteiger partial charge on any atom is -0.459 e. The lowest BCUT2D eigenvalue weighted by Gasteiger charge is -2.36. The Morgan fingerprint density at radius 2 is 2.22 bits per heavy atom. The number of carbonyl (C=O) groups excluding carboxylic acids is 2. The third-order valence-corrected chi connectivity index (χ3v) is 6.28. The number of azide groups is 1. The molecule has 0 aromatic heterocycles. The summed E-state index contributed by atoms with van der Waals surface area (Å²) in [6.07, 6.45) is 4.66. The molecule has 1 heterocycles. The van der Waals surface area contributed by atoms with Crippen LogP contribution < -0.4 is 0 Å². The highest BCUT2D eigenvalue weighted by Crippen LogP contribution is 2.53. The standard InChI is InChI=1S/C20H27N3O4/c1-12-7-8-15-13(2)19(25)26-18(15)17-14(12)9-10-20(17,3)27-16(24)6-4-5-11-22-23-21/h15,17-18H,2,4-11H2,1,3H3/t15-,17?,18-,20+/m0/s1. The molecule has 1 saturated carbocycles. The molecular formula is C20H27N3O4. The first-order valence-electron chi connectivity index (χ1n) is 9.68. The second-order valence-electron chi connectivity index (χ2n) is 8.02. The smallest absolute Gasteiger partial charge is 0.334 e. The van der Waals surface area contributed by atoms with E-state index < -0.39 is 5.60 Å². The maximum absolute atomic E-state index is 12.4. The van der Waals surface area contributed by atoms with Crippen LogP contribution in [0.5, 0.6) is 0 Å². The highest BCUT2D eigenvalue weighted by Gasteiger charge is 2.56. The van der Waals surface area contributed by atoms with Crippen LogP contribution in [-0.4, -0.2) is 30.2 Å². The number of hydrogen-bond acceptors (Lipinski definition) is 5. The van der Waals surface area contributed by atoms with Crippen molar-refractivity contribution in [1.82, 2.24) is 0 Å². The van der Waals surface area contributed by atoms with Crippen molar-refractivity contribution in [3.8, 4) is 0 Å². The van der Waals surface area contributed by atoms with Gasteiger partial charge in [-0.15, -0.1) is 0 Å². The van der Waals surface area contributed by atoms with Crippen LogP contribution in [0.3, 0.4) is 0 Å². The summed E-state index contributed by atoms with van der Waals surface area (Å²) >= 11 is 0. The quantitative estimate of drug-likeness (QED) is 0.131. The summed E-state index contributed by atoms with van der Waals surface area (Å²) in [6.45, 7) is 8.43. The lowest BCUT2D eigenvalue weighted by atomic mass is 9.79. The Kier molecular flexibility index (Phi) is 5.61. The van der Waals surface area contributed by atoms with Crippen LogP contribution in [0.15, 0.2) is 28.4 Å². The fourth-order valence-electron chi connectivity index (χ4n) is 4.81. The zero-order valence-electron chi connectivity index (χ0n) is 16.1. The lowest BCUT2D eigenvalue weighted by Crippen LogP contribution is -2.44. The second-order valence-corrected chi connectivity index (χ2v) is 8.02. The molecule has 2 aliphatic carbocycles. The normalized spacial score (nSPS) is 32.3. The number of ether oxygens (including phenoxy) is 2. The van der Waals surface area contributed by atoms with Gasteiger partial charge in [0.05, 0.1) is 5.92 Å². The molecule has 146 valence electrons. The van der Waals surface area contributed by atoms with Crippen LogP contribution in [0.25, 0.3) is 10.4 Å². The van der Waals surface area contributed by atoms with E-state index in [1.807, 2.05) is 6.92 Å². The third kappa shape index (κ3) is 3.74. The monoisotopic (exact) mass is 373 g/mol. The molecule has 0 bridgehead atoms. The molecule has 0 radical (unpaired) electrons. The van der Waals surface area contributed by atoms with Gasteiger partial charge >= 0.3 is 11.9 Å². The number of carbonyl (C=O) groups is 2. The van der Waals surface area contributed by atoms with Crippen LogP contribution in [0, 0.1) is 11.8 Å². The number of allylic oxidation sites excluding steroid dienone is 1. The summed E-state index contributed by atoms with van der Waals surface area (Å²) in [5, 5.41) is 3.47. The number of nitrogens with zero attached hydrogens (tertiary/aromatic N) is 3. The number of hydrogen-bond donors (Lipinski definition) is 0. The molecule has 0 aromatic carbocycles. The Hall–Kier alpha value is -2.27. The van der Waals surface area contributed by atoms with Crippen LogP contribution in [0.2, 0.25) is 0 Å². The van der Waals surface area contributed by atoms with Gasteiger partial charge in [0, 0.05) is 29.4 Å². The van der Waals surface area contributed by atoms with Crippen molar-refractivity contribution >= 4 is 11.9 Å². The maximum atomic E-state index is 12.4. The van der Waals surface area contributed by atoms with Gasteiger partial charge in [0.25, 0.3) is 0 Å². The van der Waals surface area contributed by atoms with Crippen molar-refractivity contribution in [2.24, 2.45) is 17.0 Å². The van der Waals surface area contributed by atoms with Crippen LogP contribution in [-0.2, 0) is 19.1 Å². The van der Waals surface area contributed by atoms with E-state index >= 15 is 0 Å². The second kappa shape index (κ2) is 7.77. The van der Waals surface area contributed by atoms with Crippen molar-refractivity contribution in [3.63, 3.8) is 0 Å². The van der Waals surface area contributed by atoms with Gasteiger partial charge in [-0.1, -0.05) is 22.8 Å². The van der Waals surface area contributed by atoms with Gasteiger partial charge in [-0.2, -0.15) is 0 Å². The highest BCUT2D eigenvalue weighted by atomic mass is 16.6. The van der Waals surface area contributed by atoms with Crippen molar-refractivity contribution in [1.29, 1.82) is 0 Å². The van der Waals surface area contributed by atoms with Crippen LogP contribution >= 0.6 is 0 Å². The molecule has 0 aromatic rings. The number of unbranched alkanes of at least 4 members (excludes halogenated alkanes) is 1. The molecule has 2 fully saturated rings. The van der Waals surface area contributed by atoms with Gasteiger partial charge in [-0.3, -0.25) is 4.79 Å². The Labute approximate surface area is 159 Å². The Morgan fingerprint density at radius 1 is 1.44 bits per heavy atom. The number of rotatable bonds is 6. The first kappa shape index (κ1) is 19.5. The fourth-order valence-corrected chi connectivity index (χ4v) is 4.81. The number of fused-ring (bicyclic) bond motifs is 3. The first-order valence-corrected chi connectivity index (χ1v) is 9.68. The molecule has 0 N–H and O–H groups in total. The predicted molar refractivity (Wildman–Crippen MR) is 99.5 cm³/mol. The Bertz CT molecular complexity index is 738. The zero-order valence-corrected chi connectivity index (χ0v) is 16.1. The molecule has 1 unspecified atom stereocenters. The maximum Gasteiger partial charge on any atom is 0.334 e. The van der Waals surface area contributed by atoms with Gasteiger partial charge in [0.2, 0.25) is 0 Å². The molecule has 7 heteroatoms. The minimum absolute atomic E-state index is 0.00470. The Morgan fingerprint density at radius 3 is 2.96 bits per heavy atom. The van der Waals surface area contributed by atoms with Crippen molar-refractivity contribution < 1.29 is 19.1 Å². The van der Waals surface area contributed by atoms with Gasteiger partial charge in [0.15, 0.2) is 0 Å².